The Kier molecular flexibility index (Phi) is 4.86. The van der Waals surface area contributed by atoms with Gasteiger partial charge in [-0.3, -0.25) is 5.10 Å². The number of H-pyrrole nitrogens is 2. The summed E-state index contributed by atoms with van der Waals surface area (Å²) in [5, 5.41) is 7.38. The number of pyridine rings is 1. The summed E-state index contributed by atoms with van der Waals surface area (Å²) in [5.41, 5.74) is 7.78. The first-order chi connectivity index (χ1) is 15.5. The van der Waals surface area contributed by atoms with Gasteiger partial charge in [0.1, 0.15) is 17.0 Å². The van der Waals surface area contributed by atoms with Gasteiger partial charge in [-0.05, 0) is 44.2 Å². The highest BCUT2D eigenvalue weighted by Gasteiger charge is 2.18. The van der Waals surface area contributed by atoms with Gasteiger partial charge in [0.15, 0.2) is 5.13 Å². The molecule has 0 amide bonds. The van der Waals surface area contributed by atoms with Gasteiger partial charge in [-0.2, -0.15) is 9.49 Å². The molecule has 0 spiro atoms. The average Bonchev–Trinajstić information content (AvgIpc) is 3.54. The average molecular weight is 445 g/mol. The molecule has 2 N–H and O–H groups in total. The van der Waals surface area contributed by atoms with E-state index in [0.29, 0.717) is 0 Å². The maximum atomic E-state index is 13.7. The largest absolute Gasteiger partial charge is 0.357 e. The van der Waals surface area contributed by atoms with Gasteiger partial charge in [0.25, 0.3) is 0 Å². The monoisotopic (exact) mass is 444 g/mol. The van der Waals surface area contributed by atoms with E-state index in [1.165, 1.54) is 6.07 Å². The number of aryl methyl sites for hydroxylation is 2. The second-order valence-electron chi connectivity index (χ2n) is 7.56. The van der Waals surface area contributed by atoms with E-state index in [2.05, 4.69) is 26.7 Å². The molecule has 6 nitrogen and oxygen atoms in total. The number of allylic oxidation sites excluding steroid dienone is 2. The molecule has 0 unspecified atom stereocenters. The zero-order valence-corrected chi connectivity index (χ0v) is 18.7. The first-order valence-electron chi connectivity index (χ1n) is 10.1. The van der Waals surface area contributed by atoms with Crippen LogP contribution in [0.5, 0.6) is 0 Å². The van der Waals surface area contributed by atoms with Crippen molar-refractivity contribution in [3.05, 3.63) is 82.3 Å². The number of aromatic amines is 2. The summed E-state index contributed by atoms with van der Waals surface area (Å²) in [6.07, 6.45) is 5.44. The van der Waals surface area contributed by atoms with Crippen LogP contribution in [0.25, 0.3) is 39.4 Å². The maximum Gasteiger partial charge on any atom is 0.176 e. The van der Waals surface area contributed by atoms with Crippen molar-refractivity contribution in [1.29, 1.82) is 0 Å². The predicted molar refractivity (Wildman–Crippen MR) is 127 cm³/mol. The molecule has 0 aromatic carbocycles. The fourth-order valence-corrected chi connectivity index (χ4v) is 4.59. The molecule has 160 valence electrons. The number of rotatable bonds is 5. The van der Waals surface area contributed by atoms with E-state index >= 15 is 0 Å². The van der Waals surface area contributed by atoms with E-state index in [9.17, 15) is 4.39 Å². The van der Waals surface area contributed by atoms with Crippen molar-refractivity contribution in [3.8, 4) is 22.8 Å². The smallest absolute Gasteiger partial charge is 0.176 e. The molecule has 0 atom stereocenters. The van der Waals surface area contributed by atoms with Gasteiger partial charge in [0, 0.05) is 28.8 Å². The lowest BCUT2D eigenvalue weighted by atomic mass is 10.0. The van der Waals surface area contributed by atoms with E-state index in [4.69, 9.17) is 4.98 Å². The molecule has 5 aromatic rings. The van der Waals surface area contributed by atoms with Gasteiger partial charge in [-0.25, -0.2) is 9.97 Å². The third kappa shape index (κ3) is 3.29. The molecule has 32 heavy (non-hydrogen) atoms. The Morgan fingerprint density at radius 2 is 2.06 bits per heavy atom. The SMILES string of the molecule is C=C/C=C(/c1ccc(F)s1)c1cc(-c2n[nH]c3ccc(-c4cnc(C)n4C)nc23)[nH]c1C. The van der Waals surface area contributed by atoms with E-state index in [-0.39, 0.29) is 5.13 Å². The van der Waals surface area contributed by atoms with Crippen molar-refractivity contribution in [2.75, 3.05) is 0 Å². The molecule has 0 aliphatic rings. The molecule has 0 fully saturated rings. The van der Waals surface area contributed by atoms with Gasteiger partial charge in [0.2, 0.25) is 0 Å². The summed E-state index contributed by atoms with van der Waals surface area (Å²) in [6, 6.07) is 9.23. The van der Waals surface area contributed by atoms with Gasteiger partial charge in [0.05, 0.1) is 28.8 Å². The lowest BCUT2D eigenvalue weighted by Gasteiger charge is -2.03. The molecule has 0 bridgehead atoms. The number of imidazole rings is 1. The molecular formula is C24H21FN6S. The van der Waals surface area contributed by atoms with Crippen LogP contribution in [-0.2, 0) is 7.05 Å². The summed E-state index contributed by atoms with van der Waals surface area (Å²) in [6.45, 7) is 7.78. The first kappa shape index (κ1) is 20.1. The minimum atomic E-state index is -0.219. The highest BCUT2D eigenvalue weighted by atomic mass is 32.1. The molecule has 5 heterocycles. The van der Waals surface area contributed by atoms with Crippen LogP contribution in [-0.4, -0.2) is 29.7 Å². The third-order valence-corrected chi connectivity index (χ3v) is 6.48. The van der Waals surface area contributed by atoms with Crippen LogP contribution < -0.4 is 0 Å². The zero-order chi connectivity index (χ0) is 22.4. The summed E-state index contributed by atoms with van der Waals surface area (Å²) in [4.78, 5) is 13.5. The van der Waals surface area contributed by atoms with E-state index < -0.39 is 0 Å². The maximum absolute atomic E-state index is 13.7. The molecule has 0 radical (unpaired) electrons. The fraction of sp³-hybridized carbons (Fsp3) is 0.125. The van der Waals surface area contributed by atoms with Crippen LogP contribution in [0.15, 0.2) is 55.3 Å². The van der Waals surface area contributed by atoms with Crippen molar-refractivity contribution < 1.29 is 4.39 Å². The number of nitrogens with one attached hydrogen (secondary N) is 2. The van der Waals surface area contributed by atoms with Crippen LogP contribution in [0.3, 0.4) is 0 Å². The molecule has 0 saturated carbocycles. The Balaban J connectivity index is 1.62. The topological polar surface area (TPSA) is 75.2 Å². The summed E-state index contributed by atoms with van der Waals surface area (Å²) < 4.78 is 15.7. The van der Waals surface area contributed by atoms with Crippen molar-refractivity contribution in [2.24, 2.45) is 7.05 Å². The van der Waals surface area contributed by atoms with Crippen molar-refractivity contribution >= 4 is 27.9 Å². The summed E-state index contributed by atoms with van der Waals surface area (Å²) in [5.74, 6) is 0.922. The van der Waals surface area contributed by atoms with E-state index in [0.717, 1.165) is 72.7 Å². The fourth-order valence-electron chi connectivity index (χ4n) is 3.82. The predicted octanol–water partition coefficient (Wildman–Crippen LogP) is 5.79. The Morgan fingerprint density at radius 1 is 1.22 bits per heavy atom. The van der Waals surface area contributed by atoms with Crippen LogP contribution in [0.4, 0.5) is 4.39 Å². The molecule has 0 aliphatic carbocycles. The van der Waals surface area contributed by atoms with Crippen molar-refractivity contribution in [2.45, 2.75) is 13.8 Å². The third-order valence-electron chi connectivity index (χ3n) is 5.57. The van der Waals surface area contributed by atoms with E-state index in [1.807, 2.05) is 55.9 Å². The zero-order valence-electron chi connectivity index (χ0n) is 17.9. The number of nitrogens with zero attached hydrogens (tertiary/aromatic N) is 4. The lowest BCUT2D eigenvalue weighted by Crippen LogP contribution is -1.96. The number of aromatic nitrogens is 6. The summed E-state index contributed by atoms with van der Waals surface area (Å²) in [7, 11) is 1.97. The molecule has 5 rings (SSSR count). The van der Waals surface area contributed by atoms with Gasteiger partial charge in [-0.15, -0.1) is 11.3 Å². The minimum absolute atomic E-state index is 0.219. The number of thiophene rings is 1. The molecule has 0 aliphatic heterocycles. The second kappa shape index (κ2) is 7.72. The normalized spacial score (nSPS) is 12.1. The number of halogens is 1. The number of hydrogen-bond donors (Lipinski definition) is 2. The molecule has 0 saturated heterocycles. The van der Waals surface area contributed by atoms with Crippen LogP contribution >= 0.6 is 11.3 Å². The molecule has 8 heteroatoms. The second-order valence-corrected chi connectivity index (χ2v) is 8.59. The van der Waals surface area contributed by atoms with Gasteiger partial charge < -0.3 is 9.55 Å². The van der Waals surface area contributed by atoms with Crippen LogP contribution in [0, 0.1) is 19.0 Å². The first-order valence-corrected chi connectivity index (χ1v) is 10.9. The Bertz CT molecular complexity index is 1500. The van der Waals surface area contributed by atoms with E-state index in [1.54, 1.807) is 12.1 Å². The Hall–Kier alpha value is -3.78. The quantitative estimate of drug-likeness (QED) is 0.337. The van der Waals surface area contributed by atoms with Crippen LogP contribution in [0.1, 0.15) is 22.0 Å². The highest BCUT2D eigenvalue weighted by molar-refractivity contribution is 7.11. The number of fused-ring (bicyclic) bond motifs is 1. The molecule has 5 aromatic heterocycles. The standard InChI is InChI=1S/C24H21FN6S/c1-5-6-15(21-9-10-22(25)32-21)16-11-19(27-13(16)2)24-23-18(29-30-24)8-7-17(28-23)20-12-26-14(3)31(20)4/h5-12,27H,1H2,2-4H3,(H,29,30)/b15-6+. The van der Waals surface area contributed by atoms with Crippen molar-refractivity contribution in [1.82, 2.24) is 29.7 Å². The van der Waals surface area contributed by atoms with Gasteiger partial charge >= 0.3 is 0 Å². The van der Waals surface area contributed by atoms with Crippen molar-refractivity contribution in [3.63, 3.8) is 0 Å². The Labute approximate surface area is 188 Å². The Morgan fingerprint density at radius 3 is 2.75 bits per heavy atom. The summed E-state index contributed by atoms with van der Waals surface area (Å²) >= 11 is 1.11. The molecular weight excluding hydrogens is 423 g/mol. The lowest BCUT2D eigenvalue weighted by molar-refractivity contribution is 0.657. The highest BCUT2D eigenvalue weighted by Crippen LogP contribution is 2.35. The number of hydrogen-bond acceptors (Lipinski definition) is 4. The van der Waals surface area contributed by atoms with Crippen LogP contribution in [0.2, 0.25) is 0 Å². The minimum Gasteiger partial charge on any atom is -0.357 e. The van der Waals surface area contributed by atoms with Gasteiger partial charge in [-0.1, -0.05) is 18.7 Å².